The van der Waals surface area contributed by atoms with E-state index in [2.05, 4.69) is 0 Å². The average Bonchev–Trinajstić information content (AvgIpc) is 3.21. The molecule has 6 nitrogen and oxygen atoms in total. The second kappa shape index (κ2) is 9.39. The van der Waals surface area contributed by atoms with Crippen LogP contribution in [0.2, 0.25) is 0 Å². The molecule has 0 saturated heterocycles. The van der Waals surface area contributed by atoms with Crippen LogP contribution in [-0.4, -0.2) is 28.1 Å². The molecule has 34 heavy (non-hydrogen) atoms. The Morgan fingerprint density at radius 3 is 2.68 bits per heavy atom. The van der Waals surface area contributed by atoms with Crippen LogP contribution >= 0.6 is 0 Å². The Kier molecular flexibility index (Phi) is 6.69. The van der Waals surface area contributed by atoms with Crippen molar-refractivity contribution in [2.24, 2.45) is 5.73 Å². The van der Waals surface area contributed by atoms with E-state index >= 15 is 0 Å². The summed E-state index contributed by atoms with van der Waals surface area (Å²) in [5, 5.41) is 7.95. The molecule has 3 N–H and O–H groups in total. The number of carbonyl (C=O) groups is 1. The van der Waals surface area contributed by atoms with Gasteiger partial charge in [-0.1, -0.05) is 20.3 Å². The van der Waals surface area contributed by atoms with Crippen LogP contribution in [-0.2, 0) is 24.2 Å². The SMILES string of the molecule is CCCc1c(C(C=O)CC)cc2n(c1=O)Cc1c-2nc2cc(F)c(C)c3c2c1C(N)CC3.CO. The maximum absolute atomic E-state index is 14.7. The van der Waals surface area contributed by atoms with Gasteiger partial charge in [0.1, 0.15) is 12.1 Å². The van der Waals surface area contributed by atoms with Crippen molar-refractivity contribution in [2.45, 2.75) is 71.4 Å². The number of carbonyl (C=O) groups excluding carboxylic acids is 1. The van der Waals surface area contributed by atoms with Crippen LogP contribution in [0.25, 0.3) is 22.3 Å². The minimum Gasteiger partial charge on any atom is -0.400 e. The highest BCUT2D eigenvalue weighted by atomic mass is 19.1. The van der Waals surface area contributed by atoms with Crippen molar-refractivity contribution in [2.75, 3.05) is 7.11 Å². The Bertz CT molecular complexity index is 1350. The molecule has 0 radical (unpaired) electrons. The van der Waals surface area contributed by atoms with Crippen LogP contribution in [0.3, 0.4) is 0 Å². The van der Waals surface area contributed by atoms with Gasteiger partial charge in [-0.15, -0.1) is 0 Å². The molecule has 2 aliphatic rings. The largest absolute Gasteiger partial charge is 0.400 e. The van der Waals surface area contributed by atoms with Gasteiger partial charge in [0.15, 0.2) is 0 Å². The van der Waals surface area contributed by atoms with Crippen molar-refractivity contribution in [3.63, 3.8) is 0 Å². The van der Waals surface area contributed by atoms with E-state index < -0.39 is 0 Å². The molecule has 2 atom stereocenters. The average molecular weight is 466 g/mol. The number of aliphatic hydroxyl groups excluding tert-OH is 1. The van der Waals surface area contributed by atoms with Crippen molar-refractivity contribution in [3.05, 3.63) is 61.7 Å². The van der Waals surface area contributed by atoms with E-state index in [0.29, 0.717) is 47.4 Å². The predicted molar refractivity (Wildman–Crippen MR) is 132 cm³/mol. The van der Waals surface area contributed by atoms with E-state index in [4.69, 9.17) is 15.8 Å². The van der Waals surface area contributed by atoms with Crippen LogP contribution in [0.4, 0.5) is 4.39 Å². The summed E-state index contributed by atoms with van der Waals surface area (Å²) in [6, 6.07) is 3.28. The van der Waals surface area contributed by atoms with Gasteiger partial charge < -0.3 is 20.2 Å². The van der Waals surface area contributed by atoms with E-state index in [1.807, 2.05) is 26.8 Å². The molecule has 180 valence electrons. The van der Waals surface area contributed by atoms with Gasteiger partial charge in [-0.2, -0.15) is 0 Å². The molecule has 7 heteroatoms. The van der Waals surface area contributed by atoms with Crippen molar-refractivity contribution >= 4 is 17.2 Å². The molecule has 1 aromatic carbocycles. The topological polar surface area (TPSA) is 98.2 Å². The van der Waals surface area contributed by atoms with Crippen LogP contribution in [0.15, 0.2) is 16.9 Å². The van der Waals surface area contributed by atoms with Gasteiger partial charge in [0, 0.05) is 41.6 Å². The molecular formula is C27H32FN3O3. The molecule has 3 heterocycles. The first-order chi connectivity index (χ1) is 16.4. The number of halogens is 1. The van der Waals surface area contributed by atoms with Gasteiger partial charge in [-0.25, -0.2) is 9.37 Å². The normalized spacial score (nSPS) is 16.5. The minimum absolute atomic E-state index is 0.0547. The number of nitrogens with zero attached hydrogens (tertiary/aromatic N) is 2. The van der Waals surface area contributed by atoms with E-state index in [1.54, 1.807) is 4.57 Å². The van der Waals surface area contributed by atoms with Crippen LogP contribution in [0, 0.1) is 12.7 Å². The van der Waals surface area contributed by atoms with Gasteiger partial charge in [0.2, 0.25) is 0 Å². The molecule has 0 fully saturated rings. The molecule has 0 spiro atoms. The summed E-state index contributed by atoms with van der Waals surface area (Å²) in [5.74, 6) is -0.588. The molecule has 0 amide bonds. The highest BCUT2D eigenvalue weighted by Crippen LogP contribution is 2.44. The number of hydrogen-bond donors (Lipinski definition) is 2. The maximum atomic E-state index is 14.7. The lowest BCUT2D eigenvalue weighted by Gasteiger charge is -2.26. The molecule has 1 aliphatic heterocycles. The number of aliphatic hydroxyl groups is 1. The summed E-state index contributed by atoms with van der Waals surface area (Å²) in [4.78, 5) is 30.2. The Balaban J connectivity index is 0.00000133. The van der Waals surface area contributed by atoms with Crippen molar-refractivity contribution < 1.29 is 14.3 Å². The Hall–Kier alpha value is -2.90. The number of aromatic nitrogens is 2. The summed E-state index contributed by atoms with van der Waals surface area (Å²) < 4.78 is 16.5. The highest BCUT2D eigenvalue weighted by molar-refractivity contribution is 5.93. The molecule has 0 saturated carbocycles. The van der Waals surface area contributed by atoms with E-state index in [9.17, 15) is 14.0 Å². The third-order valence-corrected chi connectivity index (χ3v) is 7.32. The first-order valence-electron chi connectivity index (χ1n) is 12.0. The highest BCUT2D eigenvalue weighted by Gasteiger charge is 2.33. The smallest absolute Gasteiger partial charge is 0.254 e. The number of nitrogens with two attached hydrogens (primary N) is 1. The first-order valence-corrected chi connectivity index (χ1v) is 12.0. The van der Waals surface area contributed by atoms with Gasteiger partial charge in [-0.05, 0) is 60.9 Å². The number of benzene rings is 1. The number of fused-ring (bicyclic) bond motifs is 4. The molecule has 5 rings (SSSR count). The second-order valence-electron chi connectivity index (χ2n) is 9.11. The van der Waals surface area contributed by atoms with Gasteiger partial charge in [0.05, 0.1) is 23.4 Å². The van der Waals surface area contributed by atoms with Gasteiger partial charge in [-0.3, -0.25) is 4.79 Å². The first kappa shape index (κ1) is 24.2. The third kappa shape index (κ3) is 3.49. The lowest BCUT2D eigenvalue weighted by Crippen LogP contribution is -2.26. The fourth-order valence-electron chi connectivity index (χ4n) is 5.62. The summed E-state index contributed by atoms with van der Waals surface area (Å²) >= 11 is 0. The lowest BCUT2D eigenvalue weighted by molar-refractivity contribution is -0.109. The van der Waals surface area contributed by atoms with Crippen molar-refractivity contribution in [3.8, 4) is 11.4 Å². The summed E-state index contributed by atoms with van der Waals surface area (Å²) in [6.45, 7) is 6.22. The second-order valence-corrected chi connectivity index (χ2v) is 9.11. The third-order valence-electron chi connectivity index (χ3n) is 7.32. The quantitative estimate of drug-likeness (QED) is 0.433. The minimum atomic E-state index is -0.327. The summed E-state index contributed by atoms with van der Waals surface area (Å²) in [6.07, 6.45) is 4.48. The van der Waals surface area contributed by atoms with Gasteiger partial charge in [0.25, 0.3) is 5.56 Å². The number of hydrogen-bond acceptors (Lipinski definition) is 5. The van der Waals surface area contributed by atoms with E-state index in [1.165, 1.54) is 6.07 Å². The molecule has 2 aromatic heterocycles. The lowest BCUT2D eigenvalue weighted by atomic mass is 9.82. The number of aryl methyl sites for hydroxylation is 1. The number of rotatable bonds is 5. The molecular weight excluding hydrogens is 433 g/mol. The van der Waals surface area contributed by atoms with Crippen LogP contribution in [0.5, 0.6) is 0 Å². The van der Waals surface area contributed by atoms with Crippen molar-refractivity contribution in [1.82, 2.24) is 9.55 Å². The zero-order valence-corrected chi connectivity index (χ0v) is 20.2. The van der Waals surface area contributed by atoms with Crippen LogP contribution < -0.4 is 11.3 Å². The van der Waals surface area contributed by atoms with Crippen LogP contribution in [0.1, 0.15) is 78.5 Å². The van der Waals surface area contributed by atoms with E-state index in [-0.39, 0.29) is 23.3 Å². The Labute approximate surface area is 198 Å². The predicted octanol–water partition coefficient (Wildman–Crippen LogP) is 4.07. The molecule has 1 aliphatic carbocycles. The monoisotopic (exact) mass is 465 g/mol. The van der Waals surface area contributed by atoms with E-state index in [0.717, 1.165) is 60.3 Å². The number of pyridine rings is 2. The zero-order valence-electron chi connectivity index (χ0n) is 20.2. The molecule has 2 unspecified atom stereocenters. The van der Waals surface area contributed by atoms with Crippen molar-refractivity contribution in [1.29, 1.82) is 0 Å². The zero-order chi connectivity index (χ0) is 24.7. The maximum Gasteiger partial charge on any atom is 0.254 e. The standard InChI is InChI=1S/C26H28FN3O2.CH4O/c1-4-6-16-17(14(5-2)12-31)9-22-25-18(11-30(22)26(16)32)23-20(28)8-7-15-13(3)19(27)10-21(29-25)24(15)23;1-2/h9-10,12,14,20H,4-8,11,28H2,1-3H3;2H,1H3. The fraction of sp³-hybridized carbons (Fsp3) is 0.444. The molecule has 3 aromatic rings. The Morgan fingerprint density at radius 1 is 1.29 bits per heavy atom. The van der Waals surface area contributed by atoms with Gasteiger partial charge >= 0.3 is 0 Å². The molecule has 0 bridgehead atoms. The Morgan fingerprint density at radius 2 is 2.03 bits per heavy atom. The summed E-state index contributed by atoms with van der Waals surface area (Å²) in [7, 11) is 1.00. The fourth-order valence-corrected chi connectivity index (χ4v) is 5.62. The summed E-state index contributed by atoms with van der Waals surface area (Å²) in [5.41, 5.74) is 13.6. The number of aldehydes is 1.